The Bertz CT molecular complexity index is 525. The quantitative estimate of drug-likeness (QED) is 0.903. The third-order valence-electron chi connectivity index (χ3n) is 1.85. The average Bonchev–Trinajstić information content (AvgIpc) is 2.67. The van der Waals surface area contributed by atoms with Crippen LogP contribution in [0.2, 0.25) is 5.02 Å². The molecule has 1 aromatic heterocycles. The molecule has 6 heteroatoms. The fraction of sp³-hybridized carbons (Fsp3) is 0.0909. The number of carbonyl (C=O) groups excluding carboxylic acids is 1. The van der Waals surface area contributed by atoms with Gasteiger partial charge in [-0.05, 0) is 31.2 Å². The summed E-state index contributed by atoms with van der Waals surface area (Å²) in [5.41, 5.74) is 0.858. The number of ether oxygens (including phenoxy) is 1. The molecule has 0 saturated heterocycles. The zero-order valence-corrected chi connectivity index (χ0v) is 10.5. The zero-order chi connectivity index (χ0) is 12.3. The minimum Gasteiger partial charge on any atom is -0.410 e. The Kier molecular flexibility index (Phi) is 3.61. The molecule has 0 aliphatic carbocycles. The largest absolute Gasteiger partial charge is 0.418 e. The molecule has 88 valence electrons. The predicted molar refractivity (Wildman–Crippen MR) is 67.9 cm³/mol. The standard InChI is InChI=1S/C11H9ClN2O2S/c1-7-6-17-10(13-7)14-11(15)16-9-4-2-8(12)3-5-9/h2-6H,1H3,(H,13,14,15). The second kappa shape index (κ2) is 5.16. The van der Waals surface area contributed by atoms with Gasteiger partial charge in [-0.15, -0.1) is 11.3 Å². The number of hydrogen-bond acceptors (Lipinski definition) is 4. The predicted octanol–water partition coefficient (Wildman–Crippen LogP) is 3.72. The number of nitrogens with zero attached hydrogens (tertiary/aromatic N) is 1. The summed E-state index contributed by atoms with van der Waals surface area (Å²) in [6.07, 6.45) is -0.568. The normalized spacial score (nSPS) is 10.0. The highest BCUT2D eigenvalue weighted by atomic mass is 35.5. The molecule has 2 rings (SSSR count). The summed E-state index contributed by atoms with van der Waals surface area (Å²) in [6, 6.07) is 6.54. The van der Waals surface area contributed by atoms with Crippen molar-refractivity contribution in [2.45, 2.75) is 6.92 Å². The highest BCUT2D eigenvalue weighted by Crippen LogP contribution is 2.18. The van der Waals surface area contributed by atoms with Gasteiger partial charge in [0.15, 0.2) is 5.13 Å². The first kappa shape index (κ1) is 11.9. The summed E-state index contributed by atoms with van der Waals surface area (Å²) in [5, 5.41) is 5.49. The van der Waals surface area contributed by atoms with Crippen LogP contribution in [-0.4, -0.2) is 11.1 Å². The first-order chi connectivity index (χ1) is 8.13. The van der Waals surface area contributed by atoms with Gasteiger partial charge in [-0.25, -0.2) is 9.78 Å². The molecule has 1 aromatic carbocycles. The van der Waals surface area contributed by atoms with Gasteiger partial charge in [0.1, 0.15) is 5.75 Å². The van der Waals surface area contributed by atoms with Gasteiger partial charge in [-0.2, -0.15) is 0 Å². The van der Waals surface area contributed by atoms with Crippen molar-refractivity contribution in [2.24, 2.45) is 0 Å². The number of aromatic nitrogens is 1. The maximum Gasteiger partial charge on any atom is 0.418 e. The lowest BCUT2D eigenvalue weighted by molar-refractivity contribution is 0.215. The van der Waals surface area contributed by atoms with Crippen LogP contribution in [0.1, 0.15) is 5.69 Å². The van der Waals surface area contributed by atoms with Gasteiger partial charge in [0, 0.05) is 10.4 Å². The molecule has 0 spiro atoms. The zero-order valence-electron chi connectivity index (χ0n) is 8.94. The lowest BCUT2D eigenvalue weighted by Crippen LogP contribution is -2.16. The smallest absolute Gasteiger partial charge is 0.410 e. The van der Waals surface area contributed by atoms with E-state index in [0.29, 0.717) is 15.9 Å². The van der Waals surface area contributed by atoms with Gasteiger partial charge in [-0.3, -0.25) is 5.32 Å². The maximum atomic E-state index is 11.5. The van der Waals surface area contributed by atoms with E-state index in [0.717, 1.165) is 5.69 Å². The summed E-state index contributed by atoms with van der Waals surface area (Å²) in [7, 11) is 0. The molecule has 0 saturated carbocycles. The lowest BCUT2D eigenvalue weighted by Gasteiger charge is -2.03. The van der Waals surface area contributed by atoms with Gasteiger partial charge in [0.2, 0.25) is 0 Å². The number of anilines is 1. The average molecular weight is 269 g/mol. The number of benzene rings is 1. The minimum atomic E-state index is -0.568. The van der Waals surface area contributed by atoms with Gasteiger partial charge in [0.25, 0.3) is 0 Å². The van der Waals surface area contributed by atoms with Gasteiger partial charge < -0.3 is 4.74 Å². The van der Waals surface area contributed by atoms with Crippen molar-refractivity contribution in [1.82, 2.24) is 4.98 Å². The van der Waals surface area contributed by atoms with Gasteiger partial charge >= 0.3 is 6.09 Å². The van der Waals surface area contributed by atoms with Crippen LogP contribution < -0.4 is 10.1 Å². The molecule has 0 radical (unpaired) electrons. The number of hydrogen-bond donors (Lipinski definition) is 1. The first-order valence-corrected chi connectivity index (χ1v) is 6.06. The molecule has 0 aliphatic rings. The molecule has 0 atom stereocenters. The van der Waals surface area contributed by atoms with Crippen LogP contribution in [0.5, 0.6) is 5.75 Å². The summed E-state index contributed by atoms with van der Waals surface area (Å²) in [4.78, 5) is 15.6. The molecule has 17 heavy (non-hydrogen) atoms. The van der Waals surface area contributed by atoms with E-state index in [-0.39, 0.29) is 0 Å². The van der Waals surface area contributed by atoms with Crippen molar-refractivity contribution >= 4 is 34.2 Å². The molecule has 0 unspecified atom stereocenters. The monoisotopic (exact) mass is 268 g/mol. The number of rotatable bonds is 2. The summed E-state index contributed by atoms with van der Waals surface area (Å²) in [5.74, 6) is 0.431. The third kappa shape index (κ3) is 3.44. The van der Waals surface area contributed by atoms with Crippen molar-refractivity contribution in [3.63, 3.8) is 0 Å². The molecule has 0 fully saturated rings. The van der Waals surface area contributed by atoms with E-state index < -0.39 is 6.09 Å². The van der Waals surface area contributed by atoms with Crippen molar-refractivity contribution < 1.29 is 9.53 Å². The van der Waals surface area contributed by atoms with E-state index in [1.807, 2.05) is 12.3 Å². The molecule has 4 nitrogen and oxygen atoms in total. The molecule has 2 aromatic rings. The molecule has 1 heterocycles. The maximum absolute atomic E-state index is 11.5. The van der Waals surface area contributed by atoms with Crippen LogP contribution >= 0.6 is 22.9 Å². The summed E-state index contributed by atoms with van der Waals surface area (Å²) >= 11 is 7.06. The Balaban J connectivity index is 1.95. The molecule has 1 amide bonds. The molecule has 0 bridgehead atoms. The fourth-order valence-electron chi connectivity index (χ4n) is 1.13. The molecule has 1 N–H and O–H groups in total. The van der Waals surface area contributed by atoms with Crippen LogP contribution in [0.15, 0.2) is 29.6 Å². The van der Waals surface area contributed by atoms with Gasteiger partial charge in [0.05, 0.1) is 5.69 Å². The van der Waals surface area contributed by atoms with Gasteiger partial charge in [-0.1, -0.05) is 11.6 Å². The number of aryl methyl sites for hydroxylation is 1. The van der Waals surface area contributed by atoms with E-state index in [1.165, 1.54) is 11.3 Å². The number of nitrogens with one attached hydrogen (secondary N) is 1. The highest BCUT2D eigenvalue weighted by Gasteiger charge is 2.07. The van der Waals surface area contributed by atoms with Crippen LogP contribution in [0.3, 0.4) is 0 Å². The minimum absolute atomic E-state index is 0.431. The highest BCUT2D eigenvalue weighted by molar-refractivity contribution is 7.13. The SMILES string of the molecule is Cc1csc(NC(=O)Oc2ccc(Cl)cc2)n1. The number of halogens is 1. The first-order valence-electron chi connectivity index (χ1n) is 4.80. The second-order valence-electron chi connectivity index (χ2n) is 3.26. The van der Waals surface area contributed by atoms with E-state index >= 15 is 0 Å². The molecular weight excluding hydrogens is 260 g/mol. The fourth-order valence-corrected chi connectivity index (χ4v) is 1.93. The van der Waals surface area contributed by atoms with Crippen molar-refractivity contribution in [3.05, 3.63) is 40.4 Å². The van der Waals surface area contributed by atoms with Crippen molar-refractivity contribution in [1.29, 1.82) is 0 Å². The summed E-state index contributed by atoms with van der Waals surface area (Å²) in [6.45, 7) is 1.85. The van der Waals surface area contributed by atoms with E-state index in [4.69, 9.17) is 16.3 Å². The Hall–Kier alpha value is -1.59. The van der Waals surface area contributed by atoms with E-state index in [2.05, 4.69) is 10.3 Å². The van der Waals surface area contributed by atoms with Crippen LogP contribution in [-0.2, 0) is 0 Å². The lowest BCUT2D eigenvalue weighted by atomic mass is 10.3. The van der Waals surface area contributed by atoms with Crippen LogP contribution in [0.4, 0.5) is 9.93 Å². The third-order valence-corrected chi connectivity index (χ3v) is 2.98. The second-order valence-corrected chi connectivity index (χ2v) is 4.56. The number of carbonyl (C=O) groups is 1. The Morgan fingerprint density at radius 2 is 2.12 bits per heavy atom. The Morgan fingerprint density at radius 1 is 1.41 bits per heavy atom. The van der Waals surface area contributed by atoms with Crippen LogP contribution in [0.25, 0.3) is 0 Å². The molecule has 0 aliphatic heterocycles. The van der Waals surface area contributed by atoms with E-state index in [9.17, 15) is 4.79 Å². The van der Waals surface area contributed by atoms with Crippen LogP contribution in [0, 0.1) is 6.92 Å². The molecular formula is C11H9ClN2O2S. The number of amides is 1. The summed E-state index contributed by atoms with van der Waals surface area (Å²) < 4.78 is 5.04. The van der Waals surface area contributed by atoms with E-state index in [1.54, 1.807) is 24.3 Å². The van der Waals surface area contributed by atoms with Crippen molar-refractivity contribution in [3.8, 4) is 5.75 Å². The van der Waals surface area contributed by atoms with Crippen molar-refractivity contribution in [2.75, 3.05) is 5.32 Å². The Labute approximate surface area is 107 Å². The topological polar surface area (TPSA) is 51.2 Å². The Morgan fingerprint density at radius 3 is 2.71 bits per heavy atom. The number of thiazole rings is 1.